The molecule has 0 aliphatic carbocycles. The summed E-state index contributed by atoms with van der Waals surface area (Å²) < 4.78 is 29.2. The maximum atomic E-state index is 10.4. The van der Waals surface area contributed by atoms with Gasteiger partial charge in [-0.05, 0) is 24.5 Å². The van der Waals surface area contributed by atoms with Crippen LogP contribution in [0.15, 0.2) is 24.5 Å². The summed E-state index contributed by atoms with van der Waals surface area (Å²) in [6, 6.07) is 3.67. The van der Waals surface area contributed by atoms with Gasteiger partial charge in [0.05, 0.1) is 5.75 Å². The Morgan fingerprint density at radius 1 is 1.43 bits per heavy atom. The van der Waals surface area contributed by atoms with Crippen molar-refractivity contribution in [2.75, 3.05) is 5.75 Å². The first-order valence-electron chi connectivity index (χ1n) is 3.92. The maximum absolute atomic E-state index is 10.4. The molecule has 73 valence electrons. The molecule has 1 radical (unpaired) electrons. The molecule has 1 heterocycles. The van der Waals surface area contributed by atoms with E-state index < -0.39 is 10.1 Å². The number of rotatable bonds is 4. The molecule has 0 saturated carbocycles. The van der Waals surface area contributed by atoms with Gasteiger partial charge in [0, 0.05) is 42.0 Å². The zero-order valence-electron chi connectivity index (χ0n) is 8.05. The maximum Gasteiger partial charge on any atom is 0.264 e. The molecule has 6 heteroatoms. The van der Waals surface area contributed by atoms with Crippen LogP contribution in [-0.4, -0.2) is 53.3 Å². The number of hydrogen-bond donors (Lipinski definition) is 1. The third-order valence-electron chi connectivity index (χ3n) is 1.59. The molecule has 1 rings (SSSR count). The molecule has 0 aliphatic rings. The largest absolute Gasteiger partial charge is 0.286 e. The van der Waals surface area contributed by atoms with E-state index in [0.29, 0.717) is 12.8 Å². The van der Waals surface area contributed by atoms with Crippen molar-refractivity contribution >= 4 is 39.7 Å². The monoisotopic (exact) mass is 224 g/mol. The van der Waals surface area contributed by atoms with E-state index in [4.69, 9.17) is 4.55 Å². The van der Waals surface area contributed by atoms with Crippen LogP contribution >= 0.6 is 0 Å². The topological polar surface area (TPSA) is 67.3 Å². The van der Waals surface area contributed by atoms with Crippen molar-refractivity contribution in [1.82, 2.24) is 4.98 Å². The third-order valence-corrected chi connectivity index (χ3v) is 2.40. The van der Waals surface area contributed by atoms with Crippen LogP contribution < -0.4 is 0 Å². The summed E-state index contributed by atoms with van der Waals surface area (Å²) in [7, 11) is -3.81. The Labute approximate surface area is 106 Å². The molecule has 0 bridgehead atoms. The molecule has 0 spiro atoms. The summed E-state index contributed by atoms with van der Waals surface area (Å²) in [5.41, 5.74) is 0.978. The van der Waals surface area contributed by atoms with Gasteiger partial charge in [0.1, 0.15) is 0 Å². The molecule has 1 aromatic heterocycles. The van der Waals surface area contributed by atoms with Gasteiger partial charge in [-0.2, -0.15) is 8.42 Å². The van der Waals surface area contributed by atoms with Crippen molar-refractivity contribution in [2.24, 2.45) is 0 Å². The van der Waals surface area contributed by atoms with Crippen molar-refractivity contribution < 1.29 is 13.0 Å². The molecule has 0 atom stereocenters. The first kappa shape index (κ1) is 14.1. The van der Waals surface area contributed by atoms with Crippen molar-refractivity contribution in [3.05, 3.63) is 30.1 Å². The normalized spacial score (nSPS) is 10.6. The van der Waals surface area contributed by atoms with Crippen molar-refractivity contribution in [3.63, 3.8) is 0 Å². The first-order chi connectivity index (χ1) is 6.08. The second-order valence-corrected chi connectivity index (χ2v) is 4.32. The van der Waals surface area contributed by atoms with Crippen LogP contribution in [0.3, 0.4) is 0 Å². The van der Waals surface area contributed by atoms with E-state index in [1.165, 1.54) is 0 Å². The second-order valence-electron chi connectivity index (χ2n) is 2.75. The minimum absolute atomic E-state index is 0. The molecule has 0 aliphatic heterocycles. The number of nitrogens with zero attached hydrogens (tertiary/aromatic N) is 1. The predicted octanol–water partition coefficient (Wildman–Crippen LogP) is 0.521. The molecule has 0 saturated heterocycles. The standard InChI is InChI=1S/C8H11NO3S.Na/c10-13(11,12)6-2-4-8-3-1-5-9-7-8;/h1,3,5,7H,2,4,6H2,(H,10,11,12);. The fourth-order valence-electron chi connectivity index (χ4n) is 1.00. The van der Waals surface area contributed by atoms with Crippen molar-refractivity contribution in [2.45, 2.75) is 12.8 Å². The number of hydrogen-bond acceptors (Lipinski definition) is 3. The van der Waals surface area contributed by atoms with Crippen LogP contribution in [0.1, 0.15) is 12.0 Å². The van der Waals surface area contributed by atoms with E-state index in [-0.39, 0.29) is 35.3 Å². The van der Waals surface area contributed by atoms with E-state index in [0.717, 1.165) is 5.56 Å². The van der Waals surface area contributed by atoms with Gasteiger partial charge >= 0.3 is 0 Å². The van der Waals surface area contributed by atoms with Crippen LogP contribution in [0.25, 0.3) is 0 Å². The van der Waals surface area contributed by atoms with Gasteiger partial charge in [0.2, 0.25) is 0 Å². The Kier molecular flexibility index (Phi) is 6.55. The van der Waals surface area contributed by atoms with E-state index >= 15 is 0 Å². The molecule has 4 nitrogen and oxygen atoms in total. The Bertz CT molecular complexity index is 352. The van der Waals surface area contributed by atoms with Gasteiger partial charge in [-0.15, -0.1) is 0 Å². The number of aryl methyl sites for hydroxylation is 1. The minimum Gasteiger partial charge on any atom is -0.286 e. The Hall–Kier alpha value is 0.0600. The zero-order chi connectivity index (χ0) is 9.73. The molecular weight excluding hydrogens is 213 g/mol. The summed E-state index contributed by atoms with van der Waals surface area (Å²) in [6.45, 7) is 0. The quantitative estimate of drug-likeness (QED) is 0.598. The van der Waals surface area contributed by atoms with Crippen LogP contribution in [0.5, 0.6) is 0 Å². The summed E-state index contributed by atoms with van der Waals surface area (Å²) in [6.07, 6.45) is 4.38. The van der Waals surface area contributed by atoms with Crippen molar-refractivity contribution in [1.29, 1.82) is 0 Å². The number of pyridine rings is 1. The van der Waals surface area contributed by atoms with Crippen LogP contribution in [0.4, 0.5) is 0 Å². The van der Waals surface area contributed by atoms with E-state index in [1.807, 2.05) is 6.07 Å². The van der Waals surface area contributed by atoms with Gasteiger partial charge < -0.3 is 0 Å². The van der Waals surface area contributed by atoms with Crippen LogP contribution in [0.2, 0.25) is 0 Å². The molecule has 1 aromatic rings. The molecule has 0 unspecified atom stereocenters. The average molecular weight is 224 g/mol. The van der Waals surface area contributed by atoms with Crippen LogP contribution in [-0.2, 0) is 16.5 Å². The average Bonchev–Trinajstić information content (AvgIpc) is 2.04. The van der Waals surface area contributed by atoms with Gasteiger partial charge in [-0.25, -0.2) is 0 Å². The fourth-order valence-corrected chi connectivity index (χ4v) is 1.51. The molecule has 14 heavy (non-hydrogen) atoms. The molecule has 0 amide bonds. The molecule has 0 aromatic carbocycles. The summed E-state index contributed by atoms with van der Waals surface area (Å²) in [4.78, 5) is 3.89. The molecular formula is C8H11NNaO3S. The fraction of sp³-hybridized carbons (Fsp3) is 0.375. The van der Waals surface area contributed by atoms with Crippen molar-refractivity contribution in [3.8, 4) is 0 Å². The smallest absolute Gasteiger partial charge is 0.264 e. The van der Waals surface area contributed by atoms with Gasteiger partial charge in [-0.3, -0.25) is 9.54 Å². The predicted molar refractivity (Wildman–Crippen MR) is 54.7 cm³/mol. The SMILES string of the molecule is O=S(=O)(O)CCCc1cccnc1.[Na]. The molecule has 0 fully saturated rings. The van der Waals surface area contributed by atoms with Gasteiger partial charge in [0.15, 0.2) is 0 Å². The summed E-state index contributed by atoms with van der Waals surface area (Å²) in [5, 5.41) is 0. The Morgan fingerprint density at radius 2 is 2.14 bits per heavy atom. The first-order valence-corrected chi connectivity index (χ1v) is 5.53. The van der Waals surface area contributed by atoms with Gasteiger partial charge in [0.25, 0.3) is 10.1 Å². The number of aromatic nitrogens is 1. The third kappa shape index (κ3) is 6.50. The van der Waals surface area contributed by atoms with E-state index in [1.54, 1.807) is 18.5 Å². The molecule has 1 N–H and O–H groups in total. The van der Waals surface area contributed by atoms with E-state index in [9.17, 15) is 8.42 Å². The minimum atomic E-state index is -3.81. The van der Waals surface area contributed by atoms with E-state index in [2.05, 4.69) is 4.98 Å². The Morgan fingerprint density at radius 3 is 2.64 bits per heavy atom. The van der Waals surface area contributed by atoms with Crippen LogP contribution in [0, 0.1) is 0 Å². The van der Waals surface area contributed by atoms with Gasteiger partial charge in [-0.1, -0.05) is 6.07 Å². The summed E-state index contributed by atoms with van der Waals surface area (Å²) in [5.74, 6) is -0.193. The summed E-state index contributed by atoms with van der Waals surface area (Å²) >= 11 is 0. The second kappa shape index (κ2) is 6.53. The zero-order valence-corrected chi connectivity index (χ0v) is 10.9. The Balaban J connectivity index is 0.00000169.